The molecule has 0 aliphatic heterocycles. The van der Waals surface area contributed by atoms with Gasteiger partial charge in [0, 0.05) is 39.1 Å². The third-order valence-electron chi connectivity index (χ3n) is 2.81. The molecule has 4 nitrogen and oxygen atoms in total. The zero-order chi connectivity index (χ0) is 12.7. The second kappa shape index (κ2) is 7.45. The first-order valence-electron chi connectivity index (χ1n) is 6.34. The molecule has 0 aliphatic carbocycles. The summed E-state index contributed by atoms with van der Waals surface area (Å²) >= 11 is 0. The van der Waals surface area contributed by atoms with Gasteiger partial charge in [-0.2, -0.15) is 0 Å². The SMILES string of the molecule is CCCn1ccnc1CC(O)CC(C)COC. The Morgan fingerprint density at radius 2 is 2.29 bits per heavy atom. The number of aromatic nitrogens is 2. The number of nitrogens with zero attached hydrogens (tertiary/aromatic N) is 2. The van der Waals surface area contributed by atoms with Gasteiger partial charge >= 0.3 is 0 Å². The highest BCUT2D eigenvalue weighted by Crippen LogP contribution is 2.11. The van der Waals surface area contributed by atoms with Crippen LogP contribution in [0, 0.1) is 5.92 Å². The molecule has 1 aromatic rings. The minimum Gasteiger partial charge on any atom is -0.393 e. The molecule has 98 valence electrons. The van der Waals surface area contributed by atoms with Crippen molar-refractivity contribution in [2.24, 2.45) is 5.92 Å². The van der Waals surface area contributed by atoms with Gasteiger partial charge in [-0.25, -0.2) is 4.98 Å². The van der Waals surface area contributed by atoms with Crippen molar-refractivity contribution in [2.75, 3.05) is 13.7 Å². The fourth-order valence-corrected chi connectivity index (χ4v) is 2.09. The van der Waals surface area contributed by atoms with Gasteiger partial charge in [0.15, 0.2) is 0 Å². The molecule has 1 heterocycles. The molecule has 0 spiro atoms. The lowest BCUT2D eigenvalue weighted by atomic mass is 10.0. The van der Waals surface area contributed by atoms with E-state index in [1.165, 1.54) is 0 Å². The van der Waals surface area contributed by atoms with E-state index in [9.17, 15) is 5.11 Å². The normalized spacial score (nSPS) is 14.8. The van der Waals surface area contributed by atoms with Crippen molar-refractivity contribution < 1.29 is 9.84 Å². The second-order valence-corrected chi connectivity index (χ2v) is 4.69. The highest BCUT2D eigenvalue weighted by Gasteiger charge is 2.13. The third kappa shape index (κ3) is 4.88. The van der Waals surface area contributed by atoms with Gasteiger partial charge in [0.2, 0.25) is 0 Å². The number of hydrogen-bond acceptors (Lipinski definition) is 3. The Balaban J connectivity index is 2.44. The number of imidazole rings is 1. The fraction of sp³-hybridized carbons (Fsp3) is 0.769. The lowest BCUT2D eigenvalue weighted by Gasteiger charge is -2.16. The Hall–Kier alpha value is -0.870. The Morgan fingerprint density at radius 3 is 2.94 bits per heavy atom. The highest BCUT2D eigenvalue weighted by molar-refractivity contribution is 4.94. The van der Waals surface area contributed by atoms with Gasteiger partial charge in [-0.1, -0.05) is 13.8 Å². The van der Waals surface area contributed by atoms with Crippen LogP contribution >= 0.6 is 0 Å². The number of hydrogen-bond donors (Lipinski definition) is 1. The van der Waals surface area contributed by atoms with Crippen LogP contribution < -0.4 is 0 Å². The van der Waals surface area contributed by atoms with E-state index in [1.807, 2.05) is 6.20 Å². The summed E-state index contributed by atoms with van der Waals surface area (Å²) in [5.41, 5.74) is 0. The first-order valence-corrected chi connectivity index (χ1v) is 6.34. The molecule has 1 rings (SSSR count). The van der Waals surface area contributed by atoms with Gasteiger partial charge in [-0.05, 0) is 18.8 Å². The van der Waals surface area contributed by atoms with E-state index in [2.05, 4.69) is 23.4 Å². The third-order valence-corrected chi connectivity index (χ3v) is 2.81. The van der Waals surface area contributed by atoms with Gasteiger partial charge in [0.1, 0.15) is 5.82 Å². The average molecular weight is 240 g/mol. The summed E-state index contributed by atoms with van der Waals surface area (Å²) in [7, 11) is 1.69. The van der Waals surface area contributed by atoms with Gasteiger partial charge in [0.25, 0.3) is 0 Å². The van der Waals surface area contributed by atoms with E-state index in [1.54, 1.807) is 13.3 Å². The Kier molecular flexibility index (Phi) is 6.22. The van der Waals surface area contributed by atoms with Crippen LogP contribution in [0.15, 0.2) is 12.4 Å². The van der Waals surface area contributed by atoms with Gasteiger partial charge < -0.3 is 14.4 Å². The van der Waals surface area contributed by atoms with Crippen molar-refractivity contribution in [3.63, 3.8) is 0 Å². The van der Waals surface area contributed by atoms with E-state index >= 15 is 0 Å². The molecule has 0 radical (unpaired) electrons. The van der Waals surface area contributed by atoms with Gasteiger partial charge in [-0.15, -0.1) is 0 Å². The van der Waals surface area contributed by atoms with Crippen molar-refractivity contribution in [3.8, 4) is 0 Å². The van der Waals surface area contributed by atoms with Crippen LogP contribution in [0.25, 0.3) is 0 Å². The standard InChI is InChI=1S/C13H24N2O2/c1-4-6-15-7-5-14-13(15)9-12(16)8-11(2)10-17-3/h5,7,11-12,16H,4,6,8-10H2,1-3H3. The molecule has 17 heavy (non-hydrogen) atoms. The number of rotatable bonds is 8. The maximum Gasteiger partial charge on any atom is 0.111 e. The van der Waals surface area contributed by atoms with Crippen molar-refractivity contribution in [1.82, 2.24) is 9.55 Å². The minimum absolute atomic E-state index is 0.335. The van der Waals surface area contributed by atoms with Crippen LogP contribution in [-0.4, -0.2) is 34.5 Å². The number of aliphatic hydroxyl groups is 1. The fourth-order valence-electron chi connectivity index (χ4n) is 2.09. The molecule has 0 saturated heterocycles. The monoisotopic (exact) mass is 240 g/mol. The van der Waals surface area contributed by atoms with Gasteiger partial charge in [0.05, 0.1) is 6.10 Å². The van der Waals surface area contributed by atoms with Crippen LogP contribution in [0.5, 0.6) is 0 Å². The highest BCUT2D eigenvalue weighted by atomic mass is 16.5. The zero-order valence-electron chi connectivity index (χ0n) is 11.1. The molecular weight excluding hydrogens is 216 g/mol. The maximum absolute atomic E-state index is 10.0. The van der Waals surface area contributed by atoms with E-state index in [0.29, 0.717) is 18.9 Å². The molecule has 0 fully saturated rings. The van der Waals surface area contributed by atoms with Crippen molar-refractivity contribution >= 4 is 0 Å². The van der Waals surface area contributed by atoms with E-state index in [-0.39, 0.29) is 6.10 Å². The Bertz CT molecular complexity index is 312. The van der Waals surface area contributed by atoms with Crippen LogP contribution in [0.3, 0.4) is 0 Å². The smallest absolute Gasteiger partial charge is 0.111 e. The summed E-state index contributed by atoms with van der Waals surface area (Å²) in [4.78, 5) is 4.30. The largest absolute Gasteiger partial charge is 0.393 e. The summed E-state index contributed by atoms with van der Waals surface area (Å²) in [5.74, 6) is 1.36. The average Bonchev–Trinajstić information content (AvgIpc) is 2.66. The van der Waals surface area contributed by atoms with E-state index in [0.717, 1.165) is 25.2 Å². The first-order chi connectivity index (χ1) is 8.17. The molecule has 2 atom stereocenters. The van der Waals surface area contributed by atoms with Crippen molar-refractivity contribution in [2.45, 2.75) is 45.8 Å². The van der Waals surface area contributed by atoms with Crippen LogP contribution in [0.2, 0.25) is 0 Å². The van der Waals surface area contributed by atoms with Crippen LogP contribution in [-0.2, 0) is 17.7 Å². The number of methoxy groups -OCH3 is 1. The topological polar surface area (TPSA) is 47.3 Å². The summed E-state index contributed by atoms with van der Waals surface area (Å²) in [6.45, 7) is 5.89. The quantitative estimate of drug-likeness (QED) is 0.754. The summed E-state index contributed by atoms with van der Waals surface area (Å²) in [5, 5.41) is 10.0. The predicted molar refractivity (Wildman–Crippen MR) is 67.9 cm³/mol. The lowest BCUT2D eigenvalue weighted by Crippen LogP contribution is -2.19. The van der Waals surface area contributed by atoms with E-state index < -0.39 is 0 Å². The Morgan fingerprint density at radius 1 is 1.53 bits per heavy atom. The van der Waals surface area contributed by atoms with Crippen molar-refractivity contribution in [1.29, 1.82) is 0 Å². The molecule has 0 aromatic carbocycles. The number of aliphatic hydroxyl groups excluding tert-OH is 1. The molecule has 2 unspecified atom stereocenters. The van der Waals surface area contributed by atoms with E-state index in [4.69, 9.17) is 4.74 Å². The zero-order valence-corrected chi connectivity index (χ0v) is 11.1. The molecular formula is C13H24N2O2. The summed E-state index contributed by atoms with van der Waals surface area (Å²) in [6.07, 6.45) is 5.91. The molecule has 1 aromatic heterocycles. The molecule has 1 N–H and O–H groups in total. The maximum atomic E-state index is 10.0. The van der Waals surface area contributed by atoms with Crippen LogP contribution in [0.1, 0.15) is 32.5 Å². The molecule has 0 amide bonds. The lowest BCUT2D eigenvalue weighted by molar-refractivity contribution is 0.0999. The first kappa shape index (κ1) is 14.2. The molecule has 4 heteroatoms. The number of aryl methyl sites for hydroxylation is 1. The summed E-state index contributed by atoms with van der Waals surface area (Å²) < 4.78 is 7.19. The predicted octanol–water partition coefficient (Wildman–Crippen LogP) is 1.87. The van der Waals surface area contributed by atoms with Crippen LogP contribution in [0.4, 0.5) is 0 Å². The summed E-state index contributed by atoms with van der Waals surface area (Å²) in [6, 6.07) is 0. The van der Waals surface area contributed by atoms with Gasteiger partial charge in [-0.3, -0.25) is 0 Å². The molecule has 0 saturated carbocycles. The minimum atomic E-state index is -0.335. The van der Waals surface area contributed by atoms with Crippen molar-refractivity contribution in [3.05, 3.63) is 18.2 Å². The molecule has 0 aliphatic rings. The molecule has 0 bridgehead atoms. The second-order valence-electron chi connectivity index (χ2n) is 4.69. The number of ether oxygens (including phenoxy) is 1. The Labute approximate surface area is 104 Å².